The summed E-state index contributed by atoms with van der Waals surface area (Å²) in [6.45, 7) is 9.60. The lowest BCUT2D eigenvalue weighted by atomic mass is 10.1. The van der Waals surface area contributed by atoms with Gasteiger partial charge in [0.15, 0.2) is 0 Å². The Hall–Kier alpha value is -0.900. The maximum absolute atomic E-state index is 5.52. The lowest BCUT2D eigenvalue weighted by Gasteiger charge is -2.20. The van der Waals surface area contributed by atoms with E-state index >= 15 is 0 Å². The van der Waals surface area contributed by atoms with Crippen molar-refractivity contribution in [2.45, 2.75) is 20.0 Å². The average molecular weight is 250 g/mol. The van der Waals surface area contributed by atoms with Crippen molar-refractivity contribution in [2.75, 3.05) is 39.8 Å². The van der Waals surface area contributed by atoms with E-state index in [1.54, 1.807) is 7.11 Å². The third-order valence-corrected chi connectivity index (χ3v) is 3.28. The summed E-state index contributed by atoms with van der Waals surface area (Å²) < 4.78 is 5.52. The number of ether oxygens (including phenoxy) is 1. The number of likely N-dealkylation sites (N-methyl/N-ethyl adjacent to an activating group) is 1. The third-order valence-electron chi connectivity index (χ3n) is 3.28. The first kappa shape index (κ1) is 15.2. The van der Waals surface area contributed by atoms with Crippen LogP contribution in [0.4, 0.5) is 0 Å². The molecule has 0 radical (unpaired) electrons. The molecule has 0 bridgehead atoms. The van der Waals surface area contributed by atoms with Crippen LogP contribution in [-0.4, -0.2) is 44.7 Å². The van der Waals surface area contributed by atoms with Gasteiger partial charge in [0, 0.05) is 26.7 Å². The fraction of sp³-hybridized carbons (Fsp3) is 0.600. The van der Waals surface area contributed by atoms with Gasteiger partial charge in [-0.3, -0.25) is 0 Å². The molecular weight excluding hydrogens is 224 g/mol. The number of rotatable bonds is 9. The summed E-state index contributed by atoms with van der Waals surface area (Å²) in [6, 6.07) is 10.4. The quantitative estimate of drug-likeness (QED) is 0.681. The molecule has 0 spiro atoms. The van der Waals surface area contributed by atoms with Gasteiger partial charge in [0.25, 0.3) is 0 Å². The molecule has 0 aliphatic rings. The summed E-state index contributed by atoms with van der Waals surface area (Å²) in [6.07, 6.45) is 0.142. The zero-order valence-electron chi connectivity index (χ0n) is 11.9. The van der Waals surface area contributed by atoms with Crippen LogP contribution >= 0.6 is 0 Å². The molecule has 0 aliphatic carbocycles. The summed E-state index contributed by atoms with van der Waals surface area (Å²) in [7, 11) is 1.77. The molecule has 0 saturated heterocycles. The Morgan fingerprint density at radius 2 is 1.83 bits per heavy atom. The summed E-state index contributed by atoms with van der Waals surface area (Å²) >= 11 is 0. The minimum Gasteiger partial charge on any atom is -0.375 e. The Balaban J connectivity index is 2.28. The number of hydrogen-bond donors (Lipinski definition) is 1. The van der Waals surface area contributed by atoms with Gasteiger partial charge in [0.05, 0.1) is 6.10 Å². The Morgan fingerprint density at radius 1 is 1.17 bits per heavy atom. The molecule has 0 heterocycles. The molecule has 1 unspecified atom stereocenters. The lowest BCUT2D eigenvalue weighted by molar-refractivity contribution is 0.102. The summed E-state index contributed by atoms with van der Waals surface area (Å²) in [5, 5.41) is 3.47. The van der Waals surface area contributed by atoms with Gasteiger partial charge in [-0.1, -0.05) is 44.2 Å². The Morgan fingerprint density at radius 3 is 2.39 bits per heavy atom. The zero-order valence-corrected chi connectivity index (χ0v) is 11.9. The normalized spacial score (nSPS) is 12.9. The van der Waals surface area contributed by atoms with Crippen molar-refractivity contribution in [3.8, 4) is 0 Å². The van der Waals surface area contributed by atoms with Crippen LogP contribution in [0.1, 0.15) is 25.5 Å². The average Bonchev–Trinajstić information content (AvgIpc) is 2.44. The number of methoxy groups -OCH3 is 1. The molecular formula is C15H26N2O. The molecule has 0 fully saturated rings. The molecule has 1 atom stereocenters. The number of nitrogens with zero attached hydrogens (tertiary/aromatic N) is 1. The van der Waals surface area contributed by atoms with Gasteiger partial charge in [-0.15, -0.1) is 0 Å². The van der Waals surface area contributed by atoms with Gasteiger partial charge in [-0.05, 0) is 18.7 Å². The van der Waals surface area contributed by atoms with E-state index in [-0.39, 0.29) is 6.10 Å². The number of hydrogen-bond acceptors (Lipinski definition) is 3. The Kier molecular flexibility index (Phi) is 7.65. The van der Waals surface area contributed by atoms with Gasteiger partial charge < -0.3 is 15.0 Å². The Labute approximate surface area is 111 Å². The summed E-state index contributed by atoms with van der Waals surface area (Å²) in [4.78, 5) is 2.41. The van der Waals surface area contributed by atoms with E-state index in [0.29, 0.717) is 0 Å². The van der Waals surface area contributed by atoms with E-state index < -0.39 is 0 Å². The van der Waals surface area contributed by atoms with Crippen molar-refractivity contribution in [3.05, 3.63) is 35.9 Å². The highest BCUT2D eigenvalue weighted by atomic mass is 16.5. The monoisotopic (exact) mass is 250 g/mol. The van der Waals surface area contributed by atoms with E-state index in [1.807, 2.05) is 6.07 Å². The van der Waals surface area contributed by atoms with Crippen molar-refractivity contribution < 1.29 is 4.74 Å². The van der Waals surface area contributed by atoms with Crippen LogP contribution < -0.4 is 5.32 Å². The SMILES string of the molecule is CCN(CC)CCNCC(OC)c1ccccc1. The molecule has 102 valence electrons. The van der Waals surface area contributed by atoms with Gasteiger partial charge in [-0.25, -0.2) is 0 Å². The first-order valence-corrected chi connectivity index (χ1v) is 6.82. The van der Waals surface area contributed by atoms with E-state index in [1.165, 1.54) is 5.56 Å². The molecule has 0 aliphatic heterocycles. The molecule has 0 saturated carbocycles. The fourth-order valence-electron chi connectivity index (χ4n) is 2.02. The highest BCUT2D eigenvalue weighted by Crippen LogP contribution is 2.14. The van der Waals surface area contributed by atoms with Crippen molar-refractivity contribution in [2.24, 2.45) is 0 Å². The number of nitrogens with one attached hydrogen (secondary N) is 1. The molecule has 1 aromatic rings. The standard InChI is InChI=1S/C15H26N2O/c1-4-17(5-2)12-11-16-13-15(18-3)14-9-7-6-8-10-14/h6-10,15-16H,4-5,11-13H2,1-3H3. The molecule has 3 nitrogen and oxygen atoms in total. The Bertz CT molecular complexity index is 299. The van der Waals surface area contributed by atoms with Crippen molar-refractivity contribution in [3.63, 3.8) is 0 Å². The van der Waals surface area contributed by atoms with Gasteiger partial charge >= 0.3 is 0 Å². The maximum atomic E-state index is 5.52. The van der Waals surface area contributed by atoms with Gasteiger partial charge in [0.1, 0.15) is 0 Å². The third kappa shape index (κ3) is 5.17. The van der Waals surface area contributed by atoms with Crippen LogP contribution in [0.2, 0.25) is 0 Å². The second-order valence-electron chi connectivity index (χ2n) is 4.37. The van der Waals surface area contributed by atoms with E-state index in [0.717, 1.165) is 32.7 Å². The molecule has 1 N–H and O–H groups in total. The van der Waals surface area contributed by atoms with Crippen molar-refractivity contribution in [1.29, 1.82) is 0 Å². The van der Waals surface area contributed by atoms with Gasteiger partial charge in [-0.2, -0.15) is 0 Å². The minimum atomic E-state index is 0.142. The number of benzene rings is 1. The first-order chi connectivity index (χ1) is 8.81. The molecule has 18 heavy (non-hydrogen) atoms. The lowest BCUT2D eigenvalue weighted by Crippen LogP contribution is -2.33. The van der Waals surface area contributed by atoms with Crippen LogP contribution in [0, 0.1) is 0 Å². The molecule has 1 rings (SSSR count). The predicted octanol–water partition coefficient (Wildman–Crippen LogP) is 2.31. The molecule has 1 aromatic carbocycles. The smallest absolute Gasteiger partial charge is 0.0945 e. The summed E-state index contributed by atoms with van der Waals surface area (Å²) in [5.74, 6) is 0. The molecule has 0 amide bonds. The first-order valence-electron chi connectivity index (χ1n) is 6.82. The van der Waals surface area contributed by atoms with Crippen molar-refractivity contribution in [1.82, 2.24) is 10.2 Å². The predicted molar refractivity (Wildman–Crippen MR) is 76.8 cm³/mol. The highest BCUT2D eigenvalue weighted by molar-refractivity contribution is 5.17. The van der Waals surface area contributed by atoms with E-state index in [2.05, 4.69) is 48.3 Å². The second-order valence-corrected chi connectivity index (χ2v) is 4.37. The van der Waals surface area contributed by atoms with Crippen LogP contribution in [0.25, 0.3) is 0 Å². The molecule has 3 heteroatoms. The van der Waals surface area contributed by atoms with Crippen LogP contribution in [0.3, 0.4) is 0 Å². The minimum absolute atomic E-state index is 0.142. The van der Waals surface area contributed by atoms with Crippen LogP contribution in [0.15, 0.2) is 30.3 Å². The fourth-order valence-corrected chi connectivity index (χ4v) is 2.02. The van der Waals surface area contributed by atoms with Crippen LogP contribution in [0.5, 0.6) is 0 Å². The molecule has 0 aromatic heterocycles. The van der Waals surface area contributed by atoms with E-state index in [9.17, 15) is 0 Å². The highest BCUT2D eigenvalue weighted by Gasteiger charge is 2.09. The second kappa shape index (κ2) is 9.09. The van der Waals surface area contributed by atoms with Crippen LogP contribution in [-0.2, 0) is 4.74 Å². The maximum Gasteiger partial charge on any atom is 0.0945 e. The zero-order chi connectivity index (χ0) is 13.2. The van der Waals surface area contributed by atoms with Gasteiger partial charge in [0.2, 0.25) is 0 Å². The largest absolute Gasteiger partial charge is 0.375 e. The van der Waals surface area contributed by atoms with Crippen molar-refractivity contribution >= 4 is 0 Å². The van der Waals surface area contributed by atoms with E-state index in [4.69, 9.17) is 4.74 Å². The topological polar surface area (TPSA) is 24.5 Å². The summed E-state index contributed by atoms with van der Waals surface area (Å²) in [5.41, 5.74) is 1.23.